The van der Waals surface area contributed by atoms with Crippen LogP contribution in [0.4, 0.5) is 13.2 Å². The van der Waals surface area contributed by atoms with Gasteiger partial charge < -0.3 is 5.11 Å². The van der Waals surface area contributed by atoms with Gasteiger partial charge in [0.15, 0.2) is 5.69 Å². The Morgan fingerprint density at radius 2 is 1.83 bits per heavy atom. The molecule has 2 aromatic rings. The first-order valence-electron chi connectivity index (χ1n) is 5.23. The van der Waals surface area contributed by atoms with Crippen molar-refractivity contribution >= 4 is 0 Å². The van der Waals surface area contributed by atoms with Gasteiger partial charge in [-0.1, -0.05) is 24.3 Å². The third kappa shape index (κ3) is 2.38. The van der Waals surface area contributed by atoms with Gasteiger partial charge in [-0.15, -0.1) is 0 Å². The zero-order valence-corrected chi connectivity index (χ0v) is 9.57. The molecule has 0 bridgehead atoms. The second-order valence-electron chi connectivity index (χ2n) is 3.89. The second-order valence-corrected chi connectivity index (χ2v) is 3.89. The number of aromatic nitrogens is 2. The summed E-state index contributed by atoms with van der Waals surface area (Å²) in [5.41, 5.74) is 0.799. The number of halogens is 3. The van der Waals surface area contributed by atoms with Crippen LogP contribution in [0.3, 0.4) is 0 Å². The fourth-order valence-corrected chi connectivity index (χ4v) is 1.66. The molecule has 1 N–H and O–H groups in total. The molecule has 0 saturated carbocycles. The zero-order valence-electron chi connectivity index (χ0n) is 9.57. The summed E-state index contributed by atoms with van der Waals surface area (Å²) < 4.78 is 38.7. The smallest absolute Gasteiger partial charge is 0.392 e. The number of aliphatic hydroxyl groups is 1. The lowest BCUT2D eigenvalue weighted by molar-refractivity contribution is -0.141. The highest BCUT2D eigenvalue weighted by Crippen LogP contribution is 2.31. The topological polar surface area (TPSA) is 38.0 Å². The zero-order chi connectivity index (χ0) is 13.3. The van der Waals surface area contributed by atoms with Crippen LogP contribution in [-0.2, 0) is 19.8 Å². The molecule has 18 heavy (non-hydrogen) atoms. The number of hydrogen-bond acceptors (Lipinski definition) is 2. The van der Waals surface area contributed by atoms with E-state index >= 15 is 0 Å². The number of aliphatic hydroxyl groups excluding tert-OH is 1. The summed E-state index contributed by atoms with van der Waals surface area (Å²) in [4.78, 5) is 0. The van der Waals surface area contributed by atoms with Crippen molar-refractivity contribution in [1.29, 1.82) is 0 Å². The van der Waals surface area contributed by atoms with Crippen LogP contribution in [0.1, 0.15) is 11.3 Å². The first-order valence-corrected chi connectivity index (χ1v) is 5.23. The predicted octanol–water partition coefficient (Wildman–Crippen LogP) is 2.60. The van der Waals surface area contributed by atoms with Crippen molar-refractivity contribution in [2.24, 2.45) is 7.05 Å². The molecule has 1 heterocycles. The van der Waals surface area contributed by atoms with E-state index in [1.807, 2.05) is 0 Å². The monoisotopic (exact) mass is 256 g/mol. The maximum atomic E-state index is 12.5. The van der Waals surface area contributed by atoms with Crippen molar-refractivity contribution < 1.29 is 18.3 Å². The summed E-state index contributed by atoms with van der Waals surface area (Å²) >= 11 is 0. The molecule has 0 aliphatic carbocycles. The van der Waals surface area contributed by atoms with Gasteiger partial charge in [-0.25, -0.2) is 0 Å². The van der Waals surface area contributed by atoms with Gasteiger partial charge in [0, 0.05) is 7.05 Å². The van der Waals surface area contributed by atoms with Gasteiger partial charge in [-0.05, 0) is 17.2 Å². The van der Waals surface area contributed by atoms with Gasteiger partial charge >= 0.3 is 6.18 Å². The second kappa shape index (κ2) is 4.45. The van der Waals surface area contributed by atoms with E-state index in [1.54, 1.807) is 24.3 Å². The minimum absolute atomic E-state index is 0.0977. The molecular weight excluding hydrogens is 245 g/mol. The fourth-order valence-electron chi connectivity index (χ4n) is 1.66. The van der Waals surface area contributed by atoms with E-state index in [9.17, 15) is 13.2 Å². The van der Waals surface area contributed by atoms with Crippen molar-refractivity contribution in [2.45, 2.75) is 12.8 Å². The lowest BCUT2D eigenvalue weighted by atomic mass is 10.1. The molecule has 3 nitrogen and oxygen atoms in total. The van der Waals surface area contributed by atoms with Crippen LogP contribution < -0.4 is 0 Å². The van der Waals surface area contributed by atoms with E-state index in [0.717, 1.165) is 6.07 Å². The molecule has 96 valence electrons. The Labute approximate surface area is 101 Å². The number of benzene rings is 1. The average Bonchev–Trinajstić information content (AvgIpc) is 2.71. The number of hydrogen-bond donors (Lipinski definition) is 1. The van der Waals surface area contributed by atoms with Gasteiger partial charge in [-0.2, -0.15) is 18.3 Å². The quantitative estimate of drug-likeness (QED) is 0.896. The SMILES string of the molecule is Cn1nc(C(F)(F)F)cc1-c1ccc(CO)cc1. The number of nitrogens with zero attached hydrogens (tertiary/aromatic N) is 2. The molecule has 0 aliphatic rings. The van der Waals surface area contributed by atoms with Crippen molar-refractivity contribution in [2.75, 3.05) is 0 Å². The number of alkyl halides is 3. The Morgan fingerprint density at radius 1 is 1.22 bits per heavy atom. The standard InChI is InChI=1S/C12H11F3N2O/c1-17-10(6-11(16-17)12(13,14)15)9-4-2-8(7-18)3-5-9/h2-6,18H,7H2,1H3. The highest BCUT2D eigenvalue weighted by molar-refractivity contribution is 5.60. The molecule has 0 unspecified atom stereocenters. The summed E-state index contributed by atoms with van der Waals surface area (Å²) in [5.74, 6) is 0. The molecule has 0 atom stereocenters. The van der Waals surface area contributed by atoms with Crippen molar-refractivity contribution in [3.05, 3.63) is 41.6 Å². The number of rotatable bonds is 2. The van der Waals surface area contributed by atoms with Crippen molar-refractivity contribution in [3.63, 3.8) is 0 Å². The van der Waals surface area contributed by atoms with E-state index in [-0.39, 0.29) is 6.61 Å². The third-order valence-corrected chi connectivity index (χ3v) is 2.60. The minimum Gasteiger partial charge on any atom is -0.392 e. The molecule has 0 spiro atoms. The molecule has 0 saturated heterocycles. The molecule has 1 aromatic carbocycles. The predicted molar refractivity (Wildman–Crippen MR) is 59.6 cm³/mol. The Balaban J connectivity index is 2.41. The lowest BCUT2D eigenvalue weighted by Crippen LogP contribution is -2.06. The van der Waals surface area contributed by atoms with Crippen molar-refractivity contribution in [1.82, 2.24) is 9.78 Å². The van der Waals surface area contributed by atoms with E-state index in [4.69, 9.17) is 5.11 Å². The largest absolute Gasteiger partial charge is 0.435 e. The van der Waals surface area contributed by atoms with E-state index in [2.05, 4.69) is 5.10 Å². The summed E-state index contributed by atoms with van der Waals surface area (Å²) in [6, 6.07) is 7.64. The molecule has 0 fully saturated rings. The average molecular weight is 256 g/mol. The summed E-state index contributed by atoms with van der Waals surface area (Å²) in [6.45, 7) is -0.0977. The van der Waals surface area contributed by atoms with Crippen LogP contribution in [0.25, 0.3) is 11.3 Å². The summed E-state index contributed by atoms with van der Waals surface area (Å²) in [5, 5.41) is 12.3. The maximum Gasteiger partial charge on any atom is 0.435 e. The maximum absolute atomic E-state index is 12.5. The Hall–Kier alpha value is -1.82. The summed E-state index contributed by atoms with van der Waals surface area (Å²) in [7, 11) is 1.46. The van der Waals surface area contributed by atoms with Crippen molar-refractivity contribution in [3.8, 4) is 11.3 Å². The molecule has 0 amide bonds. The highest BCUT2D eigenvalue weighted by atomic mass is 19.4. The molecule has 1 aromatic heterocycles. The first-order chi connectivity index (χ1) is 8.41. The van der Waals surface area contributed by atoms with Gasteiger partial charge in [-0.3, -0.25) is 4.68 Å². The molecule has 0 aliphatic heterocycles. The van der Waals surface area contributed by atoms with Crippen LogP contribution in [0, 0.1) is 0 Å². The normalized spacial score (nSPS) is 11.8. The van der Waals surface area contributed by atoms with Crippen LogP contribution in [-0.4, -0.2) is 14.9 Å². The van der Waals surface area contributed by atoms with Crippen LogP contribution >= 0.6 is 0 Å². The lowest BCUT2D eigenvalue weighted by Gasteiger charge is -2.02. The van der Waals surface area contributed by atoms with Gasteiger partial charge in [0.25, 0.3) is 0 Å². The van der Waals surface area contributed by atoms with Gasteiger partial charge in [0.2, 0.25) is 0 Å². The Kier molecular flexibility index (Phi) is 3.13. The fraction of sp³-hybridized carbons (Fsp3) is 0.250. The molecular formula is C12H11F3N2O. The van der Waals surface area contributed by atoms with Crippen LogP contribution in [0.2, 0.25) is 0 Å². The van der Waals surface area contributed by atoms with E-state index < -0.39 is 11.9 Å². The van der Waals surface area contributed by atoms with Crippen LogP contribution in [0.5, 0.6) is 0 Å². The van der Waals surface area contributed by atoms with Gasteiger partial charge in [0.05, 0.1) is 12.3 Å². The minimum atomic E-state index is -4.44. The molecule has 6 heteroatoms. The Morgan fingerprint density at radius 3 is 2.28 bits per heavy atom. The van der Waals surface area contributed by atoms with E-state index in [1.165, 1.54) is 11.7 Å². The first kappa shape index (κ1) is 12.6. The number of aryl methyl sites for hydroxylation is 1. The van der Waals surface area contributed by atoms with Crippen LogP contribution in [0.15, 0.2) is 30.3 Å². The molecule has 0 radical (unpaired) electrons. The van der Waals surface area contributed by atoms with Gasteiger partial charge in [0.1, 0.15) is 0 Å². The summed E-state index contributed by atoms with van der Waals surface area (Å²) in [6.07, 6.45) is -4.44. The Bertz CT molecular complexity index is 543. The molecule has 2 rings (SSSR count). The third-order valence-electron chi connectivity index (χ3n) is 2.60. The highest BCUT2D eigenvalue weighted by Gasteiger charge is 2.34. The van der Waals surface area contributed by atoms with E-state index in [0.29, 0.717) is 16.8 Å².